The second-order valence-corrected chi connectivity index (χ2v) is 5.58. The summed E-state index contributed by atoms with van der Waals surface area (Å²) >= 11 is 4.61. The first kappa shape index (κ1) is 15.5. The van der Waals surface area contributed by atoms with Crippen LogP contribution in [0.5, 0.6) is 0 Å². The standard InChI is InChI=1S/C12H11BrN2O3S/c1-7(16)15-10(12(17)18)6-19-11-3-2-8(5-14)4-9(11)13/h2-4,10H,6H2,1H3,(H,15,16)(H,17,18). The van der Waals surface area contributed by atoms with Crippen LogP contribution < -0.4 is 5.32 Å². The molecule has 0 fully saturated rings. The Morgan fingerprint density at radius 2 is 2.26 bits per heavy atom. The van der Waals surface area contributed by atoms with E-state index in [1.54, 1.807) is 18.2 Å². The summed E-state index contributed by atoms with van der Waals surface area (Å²) < 4.78 is 0.725. The quantitative estimate of drug-likeness (QED) is 0.798. The summed E-state index contributed by atoms with van der Waals surface area (Å²) in [6.07, 6.45) is 0. The average molecular weight is 343 g/mol. The van der Waals surface area contributed by atoms with Crippen molar-refractivity contribution in [2.24, 2.45) is 0 Å². The van der Waals surface area contributed by atoms with Crippen molar-refractivity contribution < 1.29 is 14.7 Å². The maximum atomic E-state index is 11.0. The van der Waals surface area contributed by atoms with Gasteiger partial charge in [-0.3, -0.25) is 4.79 Å². The molecule has 5 nitrogen and oxygen atoms in total. The number of carbonyl (C=O) groups excluding carboxylic acids is 1. The van der Waals surface area contributed by atoms with E-state index < -0.39 is 12.0 Å². The van der Waals surface area contributed by atoms with E-state index in [0.29, 0.717) is 5.56 Å². The topological polar surface area (TPSA) is 90.2 Å². The molecule has 0 spiro atoms. The second kappa shape index (κ2) is 7.16. The van der Waals surface area contributed by atoms with Crippen LogP contribution in [0, 0.1) is 11.3 Å². The molecule has 0 heterocycles. The van der Waals surface area contributed by atoms with Gasteiger partial charge in [0.25, 0.3) is 0 Å². The molecular formula is C12H11BrN2O3S. The minimum absolute atomic E-state index is 0.208. The van der Waals surface area contributed by atoms with Gasteiger partial charge in [-0.1, -0.05) is 0 Å². The molecule has 1 unspecified atom stereocenters. The van der Waals surface area contributed by atoms with Crippen molar-refractivity contribution in [3.8, 4) is 6.07 Å². The van der Waals surface area contributed by atoms with E-state index in [9.17, 15) is 9.59 Å². The first-order valence-electron chi connectivity index (χ1n) is 5.26. The lowest BCUT2D eigenvalue weighted by molar-refractivity contribution is -0.140. The number of carbonyl (C=O) groups is 2. The Balaban J connectivity index is 2.72. The van der Waals surface area contributed by atoms with Gasteiger partial charge in [-0.15, -0.1) is 11.8 Å². The number of hydrogen-bond acceptors (Lipinski definition) is 4. The first-order valence-corrected chi connectivity index (χ1v) is 7.04. The zero-order chi connectivity index (χ0) is 14.4. The summed E-state index contributed by atoms with van der Waals surface area (Å²) in [7, 11) is 0. The molecule has 0 saturated heterocycles. The van der Waals surface area contributed by atoms with Crippen molar-refractivity contribution in [1.29, 1.82) is 5.26 Å². The summed E-state index contributed by atoms with van der Waals surface area (Å²) in [6, 6.07) is 6.13. The number of halogens is 1. The van der Waals surface area contributed by atoms with Crippen LogP contribution in [0.3, 0.4) is 0 Å². The van der Waals surface area contributed by atoms with Crippen LogP contribution in [0.15, 0.2) is 27.6 Å². The second-order valence-electron chi connectivity index (χ2n) is 3.66. The average Bonchev–Trinajstić information content (AvgIpc) is 2.34. The number of carboxylic acid groups (broad SMARTS) is 1. The fourth-order valence-corrected chi connectivity index (χ4v) is 2.94. The Bertz CT molecular complexity index is 542. The van der Waals surface area contributed by atoms with Crippen LogP contribution in [-0.2, 0) is 9.59 Å². The monoisotopic (exact) mass is 342 g/mol. The number of nitriles is 1. The predicted octanol–water partition coefficient (Wildman–Crippen LogP) is 2.00. The third-order valence-electron chi connectivity index (χ3n) is 2.14. The molecule has 1 amide bonds. The Labute approximate surface area is 123 Å². The van der Waals surface area contributed by atoms with Gasteiger partial charge in [-0.25, -0.2) is 4.79 Å². The molecule has 0 aromatic heterocycles. The Kier molecular flexibility index (Phi) is 5.86. The Morgan fingerprint density at radius 1 is 1.58 bits per heavy atom. The van der Waals surface area contributed by atoms with Crippen molar-refractivity contribution in [2.75, 3.05) is 5.75 Å². The van der Waals surface area contributed by atoms with E-state index in [1.165, 1.54) is 18.7 Å². The normalized spacial score (nSPS) is 11.4. The zero-order valence-corrected chi connectivity index (χ0v) is 12.4. The van der Waals surface area contributed by atoms with E-state index in [-0.39, 0.29) is 11.7 Å². The molecule has 0 radical (unpaired) electrons. The van der Waals surface area contributed by atoms with Crippen molar-refractivity contribution in [3.63, 3.8) is 0 Å². The molecule has 2 N–H and O–H groups in total. The fourth-order valence-electron chi connectivity index (χ4n) is 1.28. The summed E-state index contributed by atoms with van der Waals surface area (Å²) in [5.41, 5.74) is 0.521. The minimum Gasteiger partial charge on any atom is -0.480 e. The number of rotatable bonds is 5. The molecule has 7 heteroatoms. The van der Waals surface area contributed by atoms with Crippen LogP contribution >= 0.6 is 27.7 Å². The number of nitrogens with zero attached hydrogens (tertiary/aromatic N) is 1. The smallest absolute Gasteiger partial charge is 0.327 e. The highest BCUT2D eigenvalue weighted by molar-refractivity contribution is 9.10. The van der Waals surface area contributed by atoms with Gasteiger partial charge in [0.1, 0.15) is 6.04 Å². The fraction of sp³-hybridized carbons (Fsp3) is 0.250. The van der Waals surface area contributed by atoms with Crippen LogP contribution in [0.25, 0.3) is 0 Å². The lowest BCUT2D eigenvalue weighted by atomic mass is 10.2. The predicted molar refractivity (Wildman–Crippen MR) is 74.8 cm³/mol. The van der Waals surface area contributed by atoms with Gasteiger partial charge in [0.05, 0.1) is 11.6 Å². The molecule has 0 saturated carbocycles. The van der Waals surface area contributed by atoms with Crippen molar-refractivity contribution >= 4 is 39.6 Å². The van der Waals surface area contributed by atoms with E-state index in [0.717, 1.165) is 9.37 Å². The van der Waals surface area contributed by atoms with E-state index >= 15 is 0 Å². The van der Waals surface area contributed by atoms with Crippen LogP contribution in [0.4, 0.5) is 0 Å². The number of nitrogens with one attached hydrogen (secondary N) is 1. The molecule has 1 rings (SSSR count). The van der Waals surface area contributed by atoms with Gasteiger partial charge in [0.2, 0.25) is 5.91 Å². The lowest BCUT2D eigenvalue weighted by Gasteiger charge is -2.13. The number of amides is 1. The van der Waals surface area contributed by atoms with Crippen LogP contribution in [0.1, 0.15) is 12.5 Å². The lowest BCUT2D eigenvalue weighted by Crippen LogP contribution is -2.41. The number of benzene rings is 1. The third-order valence-corrected chi connectivity index (χ3v) is 4.23. The van der Waals surface area contributed by atoms with Crippen LogP contribution in [-0.4, -0.2) is 28.8 Å². The molecule has 0 aliphatic carbocycles. The van der Waals surface area contributed by atoms with Gasteiger partial charge in [0, 0.05) is 22.0 Å². The maximum absolute atomic E-state index is 11.0. The SMILES string of the molecule is CC(=O)NC(CSc1ccc(C#N)cc1Br)C(=O)O. The highest BCUT2D eigenvalue weighted by atomic mass is 79.9. The summed E-state index contributed by atoms with van der Waals surface area (Å²) in [4.78, 5) is 22.7. The molecular weight excluding hydrogens is 332 g/mol. The Hall–Kier alpha value is -1.52. The highest BCUT2D eigenvalue weighted by Gasteiger charge is 2.19. The molecule has 100 valence electrons. The third kappa shape index (κ3) is 4.93. The van der Waals surface area contributed by atoms with Crippen molar-refractivity contribution in [1.82, 2.24) is 5.32 Å². The zero-order valence-electron chi connectivity index (χ0n) is 10.0. The first-order chi connectivity index (χ1) is 8.93. The van der Waals surface area contributed by atoms with Crippen LogP contribution in [0.2, 0.25) is 0 Å². The summed E-state index contributed by atoms with van der Waals surface area (Å²) in [5.74, 6) is -1.25. The summed E-state index contributed by atoms with van der Waals surface area (Å²) in [6.45, 7) is 1.28. The molecule has 0 bridgehead atoms. The van der Waals surface area contributed by atoms with Crippen molar-refractivity contribution in [3.05, 3.63) is 28.2 Å². The van der Waals surface area contributed by atoms with E-state index in [1.807, 2.05) is 6.07 Å². The molecule has 0 aliphatic rings. The van der Waals surface area contributed by atoms with Crippen molar-refractivity contribution in [2.45, 2.75) is 17.9 Å². The molecule has 1 aromatic rings. The minimum atomic E-state index is -1.08. The number of carboxylic acids is 1. The van der Waals surface area contributed by atoms with Gasteiger partial charge in [-0.05, 0) is 34.1 Å². The number of aliphatic carboxylic acids is 1. The highest BCUT2D eigenvalue weighted by Crippen LogP contribution is 2.28. The molecule has 1 atom stereocenters. The summed E-state index contributed by atoms with van der Waals surface area (Å²) in [5, 5.41) is 20.1. The van der Waals surface area contributed by atoms with E-state index in [2.05, 4.69) is 21.2 Å². The van der Waals surface area contributed by atoms with E-state index in [4.69, 9.17) is 10.4 Å². The molecule has 19 heavy (non-hydrogen) atoms. The van der Waals surface area contributed by atoms with Gasteiger partial charge in [-0.2, -0.15) is 5.26 Å². The largest absolute Gasteiger partial charge is 0.480 e. The van der Waals surface area contributed by atoms with Gasteiger partial charge >= 0.3 is 5.97 Å². The maximum Gasteiger partial charge on any atom is 0.327 e. The van der Waals surface area contributed by atoms with Gasteiger partial charge in [0.15, 0.2) is 0 Å². The Morgan fingerprint density at radius 3 is 2.74 bits per heavy atom. The molecule has 0 aliphatic heterocycles. The number of hydrogen-bond donors (Lipinski definition) is 2. The number of thioether (sulfide) groups is 1. The van der Waals surface area contributed by atoms with Gasteiger partial charge < -0.3 is 10.4 Å². The molecule has 1 aromatic carbocycles.